The van der Waals surface area contributed by atoms with Crippen LogP contribution in [-0.4, -0.2) is 56.9 Å². The fourth-order valence-corrected chi connectivity index (χ4v) is 4.41. The van der Waals surface area contributed by atoms with Crippen LogP contribution in [0.25, 0.3) is 6.08 Å². The van der Waals surface area contributed by atoms with Gasteiger partial charge in [0.2, 0.25) is 15.8 Å². The summed E-state index contributed by atoms with van der Waals surface area (Å²) in [5.41, 5.74) is 0.424. The standard InChI is InChI=1S/C22H21F2NO6S/c1-15(22(27)17-5-8-19(23)20(24)14-17)31-21(26)9-4-16-2-6-18(7-3-16)32(28,29)25-10-12-30-13-11-25/h2-9,14-15H,10-13H2,1H3/b9-4+. The van der Waals surface area contributed by atoms with Crippen LogP contribution in [0, 0.1) is 11.6 Å². The molecule has 1 heterocycles. The fourth-order valence-electron chi connectivity index (χ4n) is 3.00. The van der Waals surface area contributed by atoms with Crippen molar-refractivity contribution in [3.63, 3.8) is 0 Å². The maximum Gasteiger partial charge on any atom is 0.331 e. The van der Waals surface area contributed by atoms with E-state index < -0.39 is 39.5 Å². The average molecular weight is 465 g/mol. The molecule has 2 aromatic rings. The second-order valence-corrected chi connectivity index (χ2v) is 8.93. The van der Waals surface area contributed by atoms with Gasteiger partial charge >= 0.3 is 5.97 Å². The zero-order chi connectivity index (χ0) is 23.3. The van der Waals surface area contributed by atoms with Crippen molar-refractivity contribution in [2.75, 3.05) is 26.3 Å². The molecule has 0 spiro atoms. The molecule has 0 aromatic heterocycles. The second kappa shape index (κ2) is 10.1. The van der Waals surface area contributed by atoms with Gasteiger partial charge in [-0.2, -0.15) is 4.31 Å². The largest absolute Gasteiger partial charge is 0.451 e. The third-order valence-electron chi connectivity index (χ3n) is 4.77. The van der Waals surface area contributed by atoms with Crippen LogP contribution in [0.5, 0.6) is 0 Å². The molecular weight excluding hydrogens is 444 g/mol. The number of carbonyl (C=O) groups excluding carboxylic acids is 2. The first-order valence-electron chi connectivity index (χ1n) is 9.74. The molecular formula is C22H21F2NO6S. The molecule has 0 aliphatic carbocycles. The van der Waals surface area contributed by atoms with E-state index in [1.807, 2.05) is 0 Å². The zero-order valence-corrected chi connectivity index (χ0v) is 18.0. The highest BCUT2D eigenvalue weighted by Crippen LogP contribution is 2.18. The van der Waals surface area contributed by atoms with E-state index in [1.54, 1.807) is 0 Å². The molecule has 1 aliphatic heterocycles. The first-order valence-corrected chi connectivity index (χ1v) is 11.2. The van der Waals surface area contributed by atoms with Crippen LogP contribution in [-0.2, 0) is 24.3 Å². The van der Waals surface area contributed by atoms with Gasteiger partial charge in [0, 0.05) is 24.7 Å². The van der Waals surface area contributed by atoms with E-state index in [4.69, 9.17) is 9.47 Å². The lowest BCUT2D eigenvalue weighted by atomic mass is 10.1. The van der Waals surface area contributed by atoms with Gasteiger partial charge in [0.05, 0.1) is 18.1 Å². The normalized spacial score (nSPS) is 16.1. The number of Topliss-reactive ketones (excluding diaryl/α,β-unsaturated/α-hetero) is 1. The first kappa shape index (κ1) is 23.7. The quantitative estimate of drug-likeness (QED) is 0.355. The molecule has 7 nitrogen and oxygen atoms in total. The lowest BCUT2D eigenvalue weighted by molar-refractivity contribution is -0.140. The van der Waals surface area contributed by atoms with Crippen molar-refractivity contribution in [2.24, 2.45) is 0 Å². The van der Waals surface area contributed by atoms with Gasteiger partial charge in [-0.05, 0) is 48.9 Å². The highest BCUT2D eigenvalue weighted by atomic mass is 32.2. The van der Waals surface area contributed by atoms with Crippen molar-refractivity contribution in [1.29, 1.82) is 0 Å². The molecule has 3 rings (SSSR count). The minimum atomic E-state index is -3.62. The Labute approximate surface area is 184 Å². The number of ether oxygens (including phenoxy) is 2. The topological polar surface area (TPSA) is 90.0 Å². The van der Waals surface area contributed by atoms with E-state index in [0.29, 0.717) is 18.8 Å². The molecule has 2 aromatic carbocycles. The molecule has 0 amide bonds. The highest BCUT2D eigenvalue weighted by Gasteiger charge is 2.26. The molecule has 0 N–H and O–H groups in total. The second-order valence-electron chi connectivity index (χ2n) is 6.99. The summed E-state index contributed by atoms with van der Waals surface area (Å²) in [6.07, 6.45) is 1.28. The van der Waals surface area contributed by atoms with Crippen LogP contribution in [0.15, 0.2) is 53.4 Å². The number of morpholine rings is 1. The number of hydrogen-bond donors (Lipinski definition) is 0. The highest BCUT2D eigenvalue weighted by molar-refractivity contribution is 7.89. The third kappa shape index (κ3) is 5.64. The molecule has 0 saturated carbocycles. The van der Waals surface area contributed by atoms with Crippen molar-refractivity contribution in [1.82, 2.24) is 4.31 Å². The van der Waals surface area contributed by atoms with E-state index >= 15 is 0 Å². The molecule has 1 atom stereocenters. The molecule has 10 heteroatoms. The Morgan fingerprint density at radius 3 is 2.34 bits per heavy atom. The lowest BCUT2D eigenvalue weighted by Gasteiger charge is -2.26. The molecule has 0 bridgehead atoms. The molecule has 1 aliphatic rings. The number of nitrogens with zero attached hydrogens (tertiary/aromatic N) is 1. The lowest BCUT2D eigenvalue weighted by Crippen LogP contribution is -2.40. The van der Waals surface area contributed by atoms with Gasteiger partial charge in [0.15, 0.2) is 17.7 Å². The summed E-state index contributed by atoms with van der Waals surface area (Å²) in [6, 6.07) is 8.60. The van der Waals surface area contributed by atoms with E-state index in [2.05, 4.69) is 0 Å². The summed E-state index contributed by atoms with van der Waals surface area (Å²) in [6.45, 7) is 2.59. The number of ketones is 1. The Hall–Kier alpha value is -2.95. The molecule has 32 heavy (non-hydrogen) atoms. The summed E-state index contributed by atoms with van der Waals surface area (Å²) in [7, 11) is -3.62. The molecule has 1 fully saturated rings. The van der Waals surface area contributed by atoms with Gasteiger partial charge in [-0.15, -0.1) is 0 Å². The van der Waals surface area contributed by atoms with Gasteiger partial charge in [-0.25, -0.2) is 22.0 Å². The number of hydrogen-bond acceptors (Lipinski definition) is 6. The van der Waals surface area contributed by atoms with Crippen molar-refractivity contribution in [3.05, 3.63) is 71.3 Å². The summed E-state index contributed by atoms with van der Waals surface area (Å²) >= 11 is 0. The van der Waals surface area contributed by atoms with Crippen LogP contribution in [0.4, 0.5) is 8.78 Å². The van der Waals surface area contributed by atoms with E-state index in [9.17, 15) is 26.8 Å². The molecule has 1 unspecified atom stereocenters. The maximum atomic E-state index is 13.3. The minimum absolute atomic E-state index is 0.120. The smallest absolute Gasteiger partial charge is 0.331 e. The molecule has 0 radical (unpaired) electrons. The van der Waals surface area contributed by atoms with Crippen molar-refractivity contribution in [2.45, 2.75) is 17.9 Å². The monoisotopic (exact) mass is 465 g/mol. The van der Waals surface area contributed by atoms with Gasteiger partial charge in [-0.1, -0.05) is 12.1 Å². The number of sulfonamides is 1. The fraction of sp³-hybridized carbons (Fsp3) is 0.273. The van der Waals surface area contributed by atoms with E-state index in [-0.39, 0.29) is 23.5 Å². The first-order chi connectivity index (χ1) is 15.2. The summed E-state index contributed by atoms with van der Waals surface area (Å²) in [5, 5.41) is 0. The summed E-state index contributed by atoms with van der Waals surface area (Å²) in [5.74, 6) is -3.76. The Kier molecular flexibility index (Phi) is 7.49. The Morgan fingerprint density at radius 2 is 1.72 bits per heavy atom. The number of carbonyl (C=O) groups is 2. The number of halogens is 2. The Morgan fingerprint density at radius 1 is 1.06 bits per heavy atom. The van der Waals surface area contributed by atoms with Crippen molar-refractivity contribution in [3.8, 4) is 0 Å². The summed E-state index contributed by atoms with van der Waals surface area (Å²) < 4.78 is 63.0. The van der Waals surface area contributed by atoms with Crippen LogP contribution < -0.4 is 0 Å². The van der Waals surface area contributed by atoms with Gasteiger partial charge in [0.25, 0.3) is 0 Å². The maximum absolute atomic E-state index is 13.3. The zero-order valence-electron chi connectivity index (χ0n) is 17.2. The van der Waals surface area contributed by atoms with Gasteiger partial charge < -0.3 is 9.47 Å². The molecule has 1 saturated heterocycles. The number of esters is 1. The van der Waals surface area contributed by atoms with Gasteiger partial charge in [-0.3, -0.25) is 4.79 Å². The number of rotatable bonds is 7. The van der Waals surface area contributed by atoms with Crippen LogP contribution in [0.3, 0.4) is 0 Å². The van der Waals surface area contributed by atoms with Crippen LogP contribution in [0.1, 0.15) is 22.8 Å². The van der Waals surface area contributed by atoms with Crippen molar-refractivity contribution < 1.29 is 36.3 Å². The summed E-state index contributed by atoms with van der Waals surface area (Å²) in [4.78, 5) is 24.4. The predicted molar refractivity (Wildman–Crippen MR) is 111 cm³/mol. The Balaban J connectivity index is 1.60. The van der Waals surface area contributed by atoms with E-state index in [1.165, 1.54) is 41.6 Å². The SMILES string of the molecule is CC(OC(=O)/C=C/c1ccc(S(=O)(=O)N2CCOCC2)cc1)C(=O)c1ccc(F)c(F)c1. The number of benzene rings is 2. The predicted octanol–water partition coefficient (Wildman–Crippen LogP) is 2.81. The van der Waals surface area contributed by atoms with Crippen molar-refractivity contribution >= 4 is 27.9 Å². The van der Waals surface area contributed by atoms with Crippen LogP contribution in [0.2, 0.25) is 0 Å². The molecule has 170 valence electrons. The van der Waals surface area contributed by atoms with Crippen LogP contribution >= 0.6 is 0 Å². The minimum Gasteiger partial charge on any atom is -0.451 e. The Bertz CT molecular complexity index is 1130. The average Bonchev–Trinajstić information content (AvgIpc) is 2.80. The van der Waals surface area contributed by atoms with E-state index in [0.717, 1.165) is 24.3 Å². The van der Waals surface area contributed by atoms with Gasteiger partial charge in [0.1, 0.15) is 0 Å². The third-order valence-corrected chi connectivity index (χ3v) is 6.68.